The van der Waals surface area contributed by atoms with E-state index < -0.39 is 12.0 Å². The number of nitrogen functional groups attached to an aromatic ring is 1. The minimum absolute atomic E-state index is 0.186. The lowest BCUT2D eigenvalue weighted by Gasteiger charge is -2.15. The number of benzene rings is 1. The zero-order chi connectivity index (χ0) is 20.8. The number of hydrogen-bond acceptors (Lipinski definition) is 5. The summed E-state index contributed by atoms with van der Waals surface area (Å²) in [5.41, 5.74) is 10.5. The number of amides is 1. The zero-order valence-electron chi connectivity index (χ0n) is 16.5. The molecule has 1 atom stereocenters. The molecule has 2 aromatic rings. The minimum atomic E-state index is -1.25. The van der Waals surface area contributed by atoms with Crippen LogP contribution in [0.1, 0.15) is 36.7 Å². The molecule has 146 valence electrons. The van der Waals surface area contributed by atoms with Gasteiger partial charge in [0.1, 0.15) is 5.82 Å². The fraction of sp³-hybridized carbons (Fsp3) is 0.227. The number of rotatable bonds is 6. The van der Waals surface area contributed by atoms with Gasteiger partial charge in [-0.25, -0.2) is 4.98 Å². The molecule has 0 bridgehead atoms. The normalized spacial score (nSPS) is 11.9. The number of nitrogens with one attached hydrogen (secondary N) is 1. The summed E-state index contributed by atoms with van der Waals surface area (Å²) in [7, 11) is 0. The third-order valence-corrected chi connectivity index (χ3v) is 4.35. The average Bonchev–Trinajstić information content (AvgIpc) is 2.66. The van der Waals surface area contributed by atoms with E-state index >= 15 is 0 Å². The van der Waals surface area contributed by atoms with Crippen LogP contribution in [-0.2, 0) is 4.79 Å². The maximum Gasteiger partial charge on any atom is 0.257 e. The van der Waals surface area contributed by atoms with Crippen LogP contribution in [0, 0.1) is 6.92 Å². The van der Waals surface area contributed by atoms with Gasteiger partial charge in [0, 0.05) is 17.4 Å². The molecular formula is C22H25N3O3. The summed E-state index contributed by atoms with van der Waals surface area (Å²) >= 11 is 0. The van der Waals surface area contributed by atoms with E-state index in [1.54, 1.807) is 36.5 Å². The van der Waals surface area contributed by atoms with Crippen LogP contribution in [0.25, 0.3) is 11.1 Å². The van der Waals surface area contributed by atoms with E-state index in [4.69, 9.17) is 5.73 Å². The highest BCUT2D eigenvalue weighted by Gasteiger charge is 2.19. The molecule has 6 heteroatoms. The number of hydrogen-bond donors (Lipinski definition) is 3. The van der Waals surface area contributed by atoms with E-state index in [1.807, 2.05) is 33.8 Å². The highest BCUT2D eigenvalue weighted by molar-refractivity contribution is 5.97. The smallest absolute Gasteiger partial charge is 0.257 e. The molecule has 0 aliphatic rings. The van der Waals surface area contributed by atoms with Crippen molar-refractivity contribution in [1.29, 1.82) is 0 Å². The fourth-order valence-corrected chi connectivity index (χ4v) is 2.86. The quantitative estimate of drug-likeness (QED) is 0.525. The van der Waals surface area contributed by atoms with E-state index in [9.17, 15) is 14.7 Å². The van der Waals surface area contributed by atoms with E-state index in [1.165, 1.54) is 0 Å². The third kappa shape index (κ3) is 4.72. The summed E-state index contributed by atoms with van der Waals surface area (Å²) in [4.78, 5) is 27.6. The molecule has 1 amide bonds. The molecule has 0 saturated heterocycles. The molecule has 0 saturated carbocycles. The second kappa shape index (κ2) is 9.10. The van der Waals surface area contributed by atoms with Gasteiger partial charge in [0.05, 0.1) is 5.56 Å². The van der Waals surface area contributed by atoms with Gasteiger partial charge >= 0.3 is 0 Å². The summed E-state index contributed by atoms with van der Waals surface area (Å²) in [6.07, 6.45) is 4.53. The fourth-order valence-electron chi connectivity index (χ4n) is 2.86. The van der Waals surface area contributed by atoms with Crippen molar-refractivity contribution in [2.45, 2.75) is 33.8 Å². The molecule has 4 N–H and O–H groups in total. The highest BCUT2D eigenvalue weighted by Crippen LogP contribution is 2.27. The van der Waals surface area contributed by atoms with Gasteiger partial charge in [0.25, 0.3) is 5.91 Å². The van der Waals surface area contributed by atoms with Crippen molar-refractivity contribution in [3.8, 4) is 11.1 Å². The Bertz CT molecular complexity index is 957. The molecule has 6 nitrogen and oxygen atoms in total. The molecule has 0 fully saturated rings. The molecule has 0 radical (unpaired) electrons. The van der Waals surface area contributed by atoms with E-state index in [2.05, 4.69) is 10.3 Å². The molecule has 0 spiro atoms. The number of aliphatic hydroxyl groups is 1. The highest BCUT2D eigenvalue weighted by atomic mass is 16.3. The number of aromatic nitrogens is 1. The lowest BCUT2D eigenvalue weighted by Crippen LogP contribution is -2.29. The Kier molecular flexibility index (Phi) is 6.84. The minimum Gasteiger partial charge on any atom is -0.383 e. The molecule has 1 aromatic heterocycles. The Morgan fingerprint density at radius 3 is 2.57 bits per heavy atom. The lowest BCUT2D eigenvalue weighted by molar-refractivity contribution is -0.122. The molecule has 0 aliphatic heterocycles. The van der Waals surface area contributed by atoms with Crippen LogP contribution >= 0.6 is 0 Å². The standard InChI is InChI=1S/C22H25N3O3/c1-5-6-18(13(2)3)20(27)22(28)25-17-7-8-19(14(4)9-17)15-10-16(12-26)21(23)24-11-15/h5-12,20,27H,1-4H3,(H2,23,24)(H,25,28)/b6-5-. The Balaban J connectivity index is 2.26. The second-order valence-corrected chi connectivity index (χ2v) is 6.69. The number of allylic oxidation sites excluding steroid dienone is 2. The van der Waals surface area contributed by atoms with Gasteiger partial charge in [-0.3, -0.25) is 9.59 Å². The van der Waals surface area contributed by atoms with Crippen molar-refractivity contribution < 1.29 is 14.7 Å². The molecule has 0 aliphatic carbocycles. The van der Waals surface area contributed by atoms with Crippen LogP contribution in [0.15, 0.2) is 53.8 Å². The second-order valence-electron chi connectivity index (χ2n) is 6.69. The Labute approximate surface area is 164 Å². The summed E-state index contributed by atoms with van der Waals surface area (Å²) in [5, 5.41) is 13.1. The number of carbonyl (C=O) groups excluding carboxylic acids is 2. The van der Waals surface area contributed by atoms with Crippen molar-refractivity contribution >= 4 is 23.7 Å². The number of aryl methyl sites for hydroxylation is 1. The SMILES string of the molecule is C/C=C\C(=C(C)C)C(O)C(=O)Nc1ccc(-c2cnc(N)c(C=O)c2)c(C)c1. The molecule has 1 aromatic carbocycles. The number of aliphatic hydroxyl groups excluding tert-OH is 1. The summed E-state index contributed by atoms with van der Waals surface area (Å²) < 4.78 is 0. The first-order chi connectivity index (χ1) is 13.3. The van der Waals surface area contributed by atoms with E-state index in [-0.39, 0.29) is 5.82 Å². The summed E-state index contributed by atoms with van der Waals surface area (Å²) in [5.74, 6) is -0.315. The Morgan fingerprint density at radius 1 is 1.29 bits per heavy atom. The van der Waals surface area contributed by atoms with E-state index in [0.717, 1.165) is 22.3 Å². The van der Waals surface area contributed by atoms with Crippen molar-refractivity contribution in [3.05, 3.63) is 64.9 Å². The predicted octanol–water partition coefficient (Wildman–Crippen LogP) is 3.66. The maximum absolute atomic E-state index is 12.4. The van der Waals surface area contributed by atoms with Gasteiger partial charge in [-0.2, -0.15) is 0 Å². The molecule has 2 rings (SSSR count). The molecule has 1 unspecified atom stereocenters. The van der Waals surface area contributed by atoms with Gasteiger partial charge in [-0.05, 0) is 62.6 Å². The number of pyridine rings is 1. The summed E-state index contributed by atoms with van der Waals surface area (Å²) in [6, 6.07) is 7.04. The average molecular weight is 379 g/mol. The van der Waals surface area contributed by atoms with E-state index in [0.29, 0.717) is 23.1 Å². The van der Waals surface area contributed by atoms with Crippen LogP contribution in [0.3, 0.4) is 0 Å². The van der Waals surface area contributed by atoms with Crippen LogP contribution in [0.4, 0.5) is 11.5 Å². The number of anilines is 2. The van der Waals surface area contributed by atoms with Gasteiger partial charge in [0.2, 0.25) is 0 Å². The topological polar surface area (TPSA) is 105 Å². The van der Waals surface area contributed by atoms with Crippen LogP contribution in [0.5, 0.6) is 0 Å². The predicted molar refractivity (Wildman–Crippen MR) is 112 cm³/mol. The number of nitrogens with two attached hydrogens (primary N) is 1. The number of aldehydes is 1. The maximum atomic E-state index is 12.4. The summed E-state index contributed by atoms with van der Waals surface area (Å²) in [6.45, 7) is 7.41. The molecule has 28 heavy (non-hydrogen) atoms. The molecular weight excluding hydrogens is 354 g/mol. The van der Waals surface area contributed by atoms with Crippen molar-refractivity contribution in [2.75, 3.05) is 11.1 Å². The van der Waals surface area contributed by atoms with Gasteiger partial charge in [-0.15, -0.1) is 0 Å². The van der Waals surface area contributed by atoms with Gasteiger partial charge in [-0.1, -0.05) is 23.8 Å². The van der Waals surface area contributed by atoms with Crippen molar-refractivity contribution in [2.24, 2.45) is 0 Å². The van der Waals surface area contributed by atoms with Gasteiger partial charge < -0.3 is 16.2 Å². The monoisotopic (exact) mass is 379 g/mol. The molecule has 1 heterocycles. The zero-order valence-corrected chi connectivity index (χ0v) is 16.5. The number of nitrogens with zero attached hydrogens (tertiary/aromatic N) is 1. The van der Waals surface area contributed by atoms with Crippen molar-refractivity contribution in [3.63, 3.8) is 0 Å². The largest absolute Gasteiger partial charge is 0.383 e. The Morgan fingerprint density at radius 2 is 2.00 bits per heavy atom. The first kappa shape index (κ1) is 21.1. The first-order valence-electron chi connectivity index (χ1n) is 8.89. The first-order valence-corrected chi connectivity index (χ1v) is 8.89. The van der Waals surface area contributed by atoms with Gasteiger partial charge in [0.15, 0.2) is 12.4 Å². The van der Waals surface area contributed by atoms with Crippen LogP contribution in [0.2, 0.25) is 0 Å². The van der Waals surface area contributed by atoms with Crippen LogP contribution in [-0.4, -0.2) is 28.4 Å². The van der Waals surface area contributed by atoms with Crippen molar-refractivity contribution in [1.82, 2.24) is 4.98 Å². The lowest BCUT2D eigenvalue weighted by atomic mass is 10.00. The Hall–Kier alpha value is -3.25. The number of carbonyl (C=O) groups is 2. The third-order valence-electron chi connectivity index (χ3n) is 4.35. The van der Waals surface area contributed by atoms with Crippen LogP contribution < -0.4 is 11.1 Å².